The van der Waals surface area contributed by atoms with Crippen molar-refractivity contribution in [3.05, 3.63) is 12.2 Å². The van der Waals surface area contributed by atoms with Crippen molar-refractivity contribution in [3.63, 3.8) is 0 Å². The number of hydrogen-bond donors (Lipinski definition) is 1. The maximum atomic E-state index is 10.8. The van der Waals surface area contributed by atoms with E-state index in [0.717, 1.165) is 0 Å². The molecule has 0 fully saturated rings. The van der Waals surface area contributed by atoms with E-state index < -0.39 is 0 Å². The Balaban J connectivity index is 3.50. The molecule has 3 nitrogen and oxygen atoms in total. The molecule has 0 aliphatic rings. The second-order valence-corrected chi connectivity index (χ2v) is 2.59. The van der Waals surface area contributed by atoms with Gasteiger partial charge in [0, 0.05) is 12.4 Å². The van der Waals surface area contributed by atoms with Crippen LogP contribution < -0.4 is 5.32 Å². The Kier molecular flexibility index (Phi) is 6.81. The number of carbonyl (C=O) groups excluding carboxylic acids is 1. The molecule has 0 heterocycles. The minimum Gasteiger partial charge on any atom is -0.468 e. The SMILES string of the molecule is COC(=O)C(C)NC/C=C/CCl. The van der Waals surface area contributed by atoms with Gasteiger partial charge in [0.25, 0.3) is 0 Å². The molecule has 0 bridgehead atoms. The molecule has 0 radical (unpaired) electrons. The molecule has 0 amide bonds. The number of nitrogens with one attached hydrogen (secondary N) is 1. The largest absolute Gasteiger partial charge is 0.468 e. The highest BCUT2D eigenvalue weighted by atomic mass is 35.5. The summed E-state index contributed by atoms with van der Waals surface area (Å²) < 4.78 is 4.52. The fourth-order valence-corrected chi connectivity index (χ4v) is 0.777. The van der Waals surface area contributed by atoms with E-state index in [9.17, 15) is 4.79 Å². The van der Waals surface area contributed by atoms with E-state index >= 15 is 0 Å². The minimum absolute atomic E-state index is 0.255. The van der Waals surface area contributed by atoms with Crippen molar-refractivity contribution in [2.45, 2.75) is 13.0 Å². The first-order valence-electron chi connectivity index (χ1n) is 3.74. The molecule has 4 heteroatoms. The van der Waals surface area contributed by atoms with Gasteiger partial charge in [0.05, 0.1) is 7.11 Å². The molecule has 0 aromatic carbocycles. The lowest BCUT2D eigenvalue weighted by atomic mass is 10.3. The third-order valence-corrected chi connectivity index (χ3v) is 1.53. The molecule has 1 atom stereocenters. The molecule has 1 N–H and O–H groups in total. The van der Waals surface area contributed by atoms with Gasteiger partial charge in [0.2, 0.25) is 0 Å². The molecule has 0 spiro atoms. The average Bonchev–Trinajstić information content (AvgIpc) is 2.10. The van der Waals surface area contributed by atoms with Crippen LogP contribution >= 0.6 is 11.6 Å². The summed E-state index contributed by atoms with van der Waals surface area (Å²) in [5.41, 5.74) is 0. The van der Waals surface area contributed by atoms with Crippen LogP contribution in [0.3, 0.4) is 0 Å². The smallest absolute Gasteiger partial charge is 0.322 e. The van der Waals surface area contributed by atoms with Gasteiger partial charge >= 0.3 is 5.97 Å². The third kappa shape index (κ3) is 5.16. The van der Waals surface area contributed by atoms with Crippen LogP contribution in [0.25, 0.3) is 0 Å². The maximum absolute atomic E-state index is 10.8. The van der Waals surface area contributed by atoms with Gasteiger partial charge in [0.15, 0.2) is 0 Å². The van der Waals surface area contributed by atoms with Crippen LogP contribution in [0, 0.1) is 0 Å². The zero-order chi connectivity index (χ0) is 9.40. The molecule has 0 aliphatic carbocycles. The highest BCUT2D eigenvalue weighted by molar-refractivity contribution is 6.18. The van der Waals surface area contributed by atoms with Gasteiger partial charge in [-0.05, 0) is 6.92 Å². The van der Waals surface area contributed by atoms with Crippen molar-refractivity contribution < 1.29 is 9.53 Å². The summed E-state index contributed by atoms with van der Waals surface area (Å²) in [6.07, 6.45) is 3.69. The summed E-state index contributed by atoms with van der Waals surface area (Å²) in [4.78, 5) is 10.8. The zero-order valence-electron chi connectivity index (χ0n) is 7.34. The van der Waals surface area contributed by atoms with Crippen LogP contribution in [0.5, 0.6) is 0 Å². The van der Waals surface area contributed by atoms with Crippen LogP contribution in [0.15, 0.2) is 12.2 Å². The molecule has 0 saturated carbocycles. The molecule has 0 aliphatic heterocycles. The lowest BCUT2D eigenvalue weighted by Gasteiger charge is -2.08. The average molecular weight is 192 g/mol. The summed E-state index contributed by atoms with van der Waals surface area (Å²) in [6.45, 7) is 2.38. The number of esters is 1. The Bertz CT molecular complexity index is 159. The molecular weight excluding hydrogens is 178 g/mol. The van der Waals surface area contributed by atoms with E-state index in [2.05, 4.69) is 10.1 Å². The van der Waals surface area contributed by atoms with Crippen molar-refractivity contribution >= 4 is 17.6 Å². The lowest BCUT2D eigenvalue weighted by molar-refractivity contribution is -0.142. The van der Waals surface area contributed by atoms with Crippen LogP contribution in [0.2, 0.25) is 0 Å². The molecule has 0 rings (SSSR count). The van der Waals surface area contributed by atoms with Gasteiger partial charge in [-0.3, -0.25) is 4.79 Å². The summed E-state index contributed by atoms with van der Waals surface area (Å²) in [7, 11) is 1.37. The monoisotopic (exact) mass is 191 g/mol. The Morgan fingerprint density at radius 1 is 1.67 bits per heavy atom. The summed E-state index contributed by atoms with van der Waals surface area (Å²) in [5.74, 6) is 0.239. The van der Waals surface area contributed by atoms with Crippen molar-refractivity contribution in [2.75, 3.05) is 19.5 Å². The number of carbonyl (C=O) groups is 1. The molecule has 70 valence electrons. The van der Waals surface area contributed by atoms with Gasteiger partial charge in [-0.25, -0.2) is 0 Å². The Hall–Kier alpha value is -0.540. The van der Waals surface area contributed by atoms with E-state index in [1.165, 1.54) is 7.11 Å². The first kappa shape index (κ1) is 11.5. The topological polar surface area (TPSA) is 38.3 Å². The van der Waals surface area contributed by atoms with Crippen molar-refractivity contribution in [3.8, 4) is 0 Å². The van der Waals surface area contributed by atoms with Crippen LogP contribution in [-0.2, 0) is 9.53 Å². The standard InChI is InChI=1S/C8H14ClNO2/c1-7(8(11)12-2)10-6-4-3-5-9/h3-4,7,10H,5-6H2,1-2H3/b4-3+. The molecule has 0 aromatic heterocycles. The van der Waals surface area contributed by atoms with Gasteiger partial charge < -0.3 is 10.1 Å². The summed E-state index contributed by atoms with van der Waals surface area (Å²) >= 11 is 5.40. The first-order chi connectivity index (χ1) is 5.72. The second kappa shape index (κ2) is 7.13. The van der Waals surface area contributed by atoms with Crippen LogP contribution in [-0.4, -0.2) is 31.5 Å². The van der Waals surface area contributed by atoms with Crippen LogP contribution in [0.1, 0.15) is 6.92 Å². The number of alkyl halides is 1. The fraction of sp³-hybridized carbons (Fsp3) is 0.625. The number of ether oxygens (including phenoxy) is 1. The predicted molar refractivity (Wildman–Crippen MR) is 49.3 cm³/mol. The number of methoxy groups -OCH3 is 1. The third-order valence-electron chi connectivity index (χ3n) is 1.35. The molecular formula is C8H14ClNO2. The minimum atomic E-state index is -0.269. The molecule has 0 aromatic rings. The second-order valence-electron chi connectivity index (χ2n) is 2.28. The van der Waals surface area contributed by atoms with Gasteiger partial charge in [-0.2, -0.15) is 0 Å². The van der Waals surface area contributed by atoms with E-state index in [4.69, 9.17) is 11.6 Å². The van der Waals surface area contributed by atoms with Crippen molar-refractivity contribution in [1.29, 1.82) is 0 Å². The Labute approximate surface area is 77.7 Å². The predicted octanol–water partition coefficient (Wildman–Crippen LogP) is 0.932. The quantitative estimate of drug-likeness (QED) is 0.399. The van der Waals surface area contributed by atoms with Gasteiger partial charge in [-0.1, -0.05) is 12.2 Å². The highest BCUT2D eigenvalue weighted by Gasteiger charge is 2.09. The molecule has 1 unspecified atom stereocenters. The Morgan fingerprint density at radius 3 is 2.83 bits per heavy atom. The zero-order valence-corrected chi connectivity index (χ0v) is 8.10. The number of halogens is 1. The molecule has 0 saturated heterocycles. The van der Waals surface area contributed by atoms with E-state index in [-0.39, 0.29) is 12.0 Å². The summed E-state index contributed by atoms with van der Waals surface area (Å²) in [6, 6.07) is -0.269. The Morgan fingerprint density at radius 2 is 2.33 bits per heavy atom. The van der Waals surface area contributed by atoms with E-state index in [1.54, 1.807) is 6.92 Å². The number of allylic oxidation sites excluding steroid dienone is 1. The number of rotatable bonds is 5. The van der Waals surface area contributed by atoms with E-state index in [0.29, 0.717) is 12.4 Å². The van der Waals surface area contributed by atoms with E-state index in [1.807, 2.05) is 12.2 Å². The normalized spacial score (nSPS) is 13.2. The van der Waals surface area contributed by atoms with Crippen molar-refractivity contribution in [2.24, 2.45) is 0 Å². The maximum Gasteiger partial charge on any atom is 0.322 e. The lowest BCUT2D eigenvalue weighted by Crippen LogP contribution is -2.34. The van der Waals surface area contributed by atoms with Crippen LogP contribution in [0.4, 0.5) is 0 Å². The highest BCUT2D eigenvalue weighted by Crippen LogP contribution is 1.85. The molecule has 12 heavy (non-hydrogen) atoms. The first-order valence-corrected chi connectivity index (χ1v) is 4.28. The number of hydrogen-bond acceptors (Lipinski definition) is 3. The fourth-order valence-electron chi connectivity index (χ4n) is 0.651. The van der Waals surface area contributed by atoms with Gasteiger partial charge in [0.1, 0.15) is 6.04 Å². The van der Waals surface area contributed by atoms with Gasteiger partial charge in [-0.15, -0.1) is 11.6 Å². The summed E-state index contributed by atoms with van der Waals surface area (Å²) in [5, 5.41) is 2.95. The van der Waals surface area contributed by atoms with Crippen molar-refractivity contribution in [1.82, 2.24) is 5.32 Å².